The molecule has 186 valence electrons. The molecule has 1 aliphatic rings. The Morgan fingerprint density at radius 1 is 1.03 bits per heavy atom. The van der Waals surface area contributed by atoms with Gasteiger partial charge in [0.1, 0.15) is 23.9 Å². The number of carbonyl (C=O) groups excluding carboxylic acids is 2. The molecule has 0 spiro atoms. The van der Waals surface area contributed by atoms with Crippen LogP contribution in [0.25, 0.3) is 5.76 Å². The molecule has 6 nitrogen and oxygen atoms in total. The van der Waals surface area contributed by atoms with E-state index in [9.17, 15) is 19.1 Å². The quantitative estimate of drug-likeness (QED) is 0.194. The lowest BCUT2D eigenvalue weighted by molar-refractivity contribution is -0.140. The fourth-order valence-electron chi connectivity index (χ4n) is 4.36. The molecule has 3 aromatic rings. The summed E-state index contributed by atoms with van der Waals surface area (Å²) in [7, 11) is 1.56. The van der Waals surface area contributed by atoms with Crippen molar-refractivity contribution >= 4 is 17.4 Å². The van der Waals surface area contributed by atoms with Gasteiger partial charge in [-0.3, -0.25) is 9.59 Å². The molecule has 0 bridgehead atoms. The molecule has 3 aromatic carbocycles. The van der Waals surface area contributed by atoms with E-state index in [0.29, 0.717) is 42.1 Å². The lowest BCUT2D eigenvalue weighted by Gasteiger charge is -2.25. The first-order valence-corrected chi connectivity index (χ1v) is 11.7. The average Bonchev–Trinajstić information content (AvgIpc) is 3.13. The van der Waals surface area contributed by atoms with E-state index >= 15 is 0 Å². The Kier molecular flexibility index (Phi) is 7.80. The van der Waals surface area contributed by atoms with E-state index < -0.39 is 23.5 Å². The van der Waals surface area contributed by atoms with Gasteiger partial charge in [0, 0.05) is 25.8 Å². The monoisotopic (exact) mass is 489 g/mol. The van der Waals surface area contributed by atoms with E-state index in [-0.39, 0.29) is 17.9 Å². The third-order valence-corrected chi connectivity index (χ3v) is 6.17. The highest BCUT2D eigenvalue weighted by atomic mass is 19.1. The van der Waals surface area contributed by atoms with Gasteiger partial charge in [-0.05, 0) is 60.4 Å². The number of hydrogen-bond acceptors (Lipinski definition) is 5. The number of ketones is 1. The number of benzene rings is 3. The van der Waals surface area contributed by atoms with Gasteiger partial charge < -0.3 is 19.5 Å². The molecule has 1 N–H and O–H groups in total. The molecule has 0 radical (unpaired) electrons. The number of amides is 1. The number of hydrogen-bond donors (Lipinski definition) is 1. The Morgan fingerprint density at radius 3 is 2.42 bits per heavy atom. The molecule has 1 aliphatic heterocycles. The molecule has 1 fully saturated rings. The van der Waals surface area contributed by atoms with Gasteiger partial charge in [0.2, 0.25) is 0 Å². The van der Waals surface area contributed by atoms with Crippen LogP contribution in [0.4, 0.5) is 4.39 Å². The van der Waals surface area contributed by atoms with Gasteiger partial charge in [0.05, 0.1) is 11.6 Å². The van der Waals surface area contributed by atoms with Crippen molar-refractivity contribution in [3.8, 4) is 5.75 Å². The lowest BCUT2D eigenvalue weighted by Crippen LogP contribution is -2.31. The summed E-state index contributed by atoms with van der Waals surface area (Å²) >= 11 is 0. The van der Waals surface area contributed by atoms with Crippen LogP contribution >= 0.6 is 0 Å². The highest BCUT2D eigenvalue weighted by molar-refractivity contribution is 6.46. The first-order valence-electron chi connectivity index (χ1n) is 11.7. The van der Waals surface area contributed by atoms with Crippen LogP contribution in [0, 0.1) is 12.7 Å². The van der Waals surface area contributed by atoms with Crippen molar-refractivity contribution in [2.24, 2.45) is 0 Å². The summed E-state index contributed by atoms with van der Waals surface area (Å²) < 4.78 is 24.6. The predicted molar refractivity (Wildman–Crippen MR) is 134 cm³/mol. The number of Topliss-reactive ketones (excluding diaryl/α,β-unsaturated/α-hetero) is 1. The van der Waals surface area contributed by atoms with Crippen LogP contribution in [0.1, 0.15) is 34.7 Å². The lowest BCUT2D eigenvalue weighted by atomic mass is 9.94. The van der Waals surface area contributed by atoms with E-state index in [1.807, 2.05) is 30.3 Å². The van der Waals surface area contributed by atoms with Crippen LogP contribution in [-0.4, -0.2) is 42.0 Å². The maximum absolute atomic E-state index is 13.6. The third kappa shape index (κ3) is 5.31. The summed E-state index contributed by atoms with van der Waals surface area (Å²) in [5, 5.41) is 11.3. The van der Waals surface area contributed by atoms with Crippen LogP contribution in [0.5, 0.6) is 5.75 Å². The maximum atomic E-state index is 13.6. The molecule has 1 heterocycles. The van der Waals surface area contributed by atoms with Crippen LogP contribution in [0.2, 0.25) is 0 Å². The van der Waals surface area contributed by atoms with E-state index in [1.54, 1.807) is 32.2 Å². The Labute approximate surface area is 209 Å². The number of likely N-dealkylation sites (tertiary alicyclic amines) is 1. The van der Waals surface area contributed by atoms with Crippen LogP contribution < -0.4 is 4.74 Å². The Hall–Kier alpha value is -3.97. The maximum Gasteiger partial charge on any atom is 0.295 e. The van der Waals surface area contributed by atoms with E-state index in [2.05, 4.69) is 0 Å². The molecule has 0 aliphatic carbocycles. The second kappa shape index (κ2) is 11.2. The highest BCUT2D eigenvalue weighted by Crippen LogP contribution is 2.40. The average molecular weight is 490 g/mol. The van der Waals surface area contributed by atoms with Crippen molar-refractivity contribution in [1.29, 1.82) is 0 Å². The zero-order valence-electron chi connectivity index (χ0n) is 20.2. The third-order valence-electron chi connectivity index (χ3n) is 6.17. The number of rotatable bonds is 9. The van der Waals surface area contributed by atoms with Crippen molar-refractivity contribution in [2.45, 2.75) is 26.0 Å². The van der Waals surface area contributed by atoms with Gasteiger partial charge in [-0.15, -0.1) is 0 Å². The second-order valence-electron chi connectivity index (χ2n) is 8.64. The van der Waals surface area contributed by atoms with E-state index in [1.165, 1.54) is 29.2 Å². The number of aryl methyl sites for hydroxylation is 1. The smallest absolute Gasteiger partial charge is 0.295 e. The van der Waals surface area contributed by atoms with Gasteiger partial charge in [-0.2, -0.15) is 0 Å². The molecule has 0 saturated carbocycles. The molecule has 0 aromatic heterocycles. The molecule has 1 amide bonds. The first kappa shape index (κ1) is 25.1. The summed E-state index contributed by atoms with van der Waals surface area (Å²) in [4.78, 5) is 27.5. The number of nitrogens with zero attached hydrogens (tertiary/aromatic N) is 1. The summed E-state index contributed by atoms with van der Waals surface area (Å²) in [5.74, 6) is -1.57. The van der Waals surface area contributed by atoms with E-state index in [0.717, 1.165) is 5.56 Å². The fourth-order valence-corrected chi connectivity index (χ4v) is 4.36. The van der Waals surface area contributed by atoms with Gasteiger partial charge in [0.25, 0.3) is 11.7 Å². The largest absolute Gasteiger partial charge is 0.507 e. The predicted octanol–water partition coefficient (Wildman–Crippen LogP) is 5.17. The van der Waals surface area contributed by atoms with Gasteiger partial charge in [0.15, 0.2) is 0 Å². The molecule has 4 rings (SSSR count). The zero-order chi connectivity index (χ0) is 25.7. The van der Waals surface area contributed by atoms with Crippen molar-refractivity contribution in [1.82, 2.24) is 4.90 Å². The van der Waals surface area contributed by atoms with Gasteiger partial charge >= 0.3 is 0 Å². The Morgan fingerprint density at radius 2 is 1.75 bits per heavy atom. The zero-order valence-corrected chi connectivity index (χ0v) is 20.2. The number of halogens is 1. The summed E-state index contributed by atoms with van der Waals surface area (Å²) in [6.07, 6.45) is 0.508. The van der Waals surface area contributed by atoms with Gasteiger partial charge in [-0.1, -0.05) is 42.5 Å². The SMILES string of the molecule is COCCCN1C(=O)C(=O)/C(=C(/O)c2ccc(OCc3ccccc3)cc2C)[C@H]1c1ccc(F)cc1. The molecule has 1 saturated heterocycles. The molecular formula is C29H28FNO5. The number of aliphatic hydroxyl groups excluding tert-OH is 1. The molecule has 7 heteroatoms. The van der Waals surface area contributed by atoms with Crippen molar-refractivity contribution < 1.29 is 28.6 Å². The van der Waals surface area contributed by atoms with Crippen molar-refractivity contribution in [3.05, 3.63) is 106 Å². The number of methoxy groups -OCH3 is 1. The Balaban J connectivity index is 1.68. The normalized spacial score (nSPS) is 17.0. The minimum absolute atomic E-state index is 0.0231. The molecular weight excluding hydrogens is 461 g/mol. The summed E-state index contributed by atoms with van der Waals surface area (Å²) in [5.41, 5.74) is 2.64. The minimum Gasteiger partial charge on any atom is -0.507 e. The topological polar surface area (TPSA) is 76.1 Å². The number of aliphatic hydroxyl groups is 1. The Bertz CT molecular complexity index is 1270. The van der Waals surface area contributed by atoms with E-state index in [4.69, 9.17) is 9.47 Å². The number of carbonyl (C=O) groups is 2. The summed E-state index contributed by atoms with van der Waals surface area (Å²) in [6.45, 7) is 2.85. The molecule has 1 atom stereocenters. The molecule has 0 unspecified atom stereocenters. The second-order valence-corrected chi connectivity index (χ2v) is 8.64. The summed E-state index contributed by atoms with van der Waals surface area (Å²) in [6, 6.07) is 19.7. The first-order chi connectivity index (χ1) is 17.4. The van der Waals surface area contributed by atoms with Crippen LogP contribution in [0.15, 0.2) is 78.4 Å². The standard InChI is InChI=1S/C29H28FNO5/c1-19-17-23(36-18-20-7-4-3-5-8-20)13-14-24(19)27(32)25-26(21-9-11-22(30)12-10-21)31(15-6-16-35-2)29(34)28(25)33/h3-5,7-14,17,26,32H,6,15-16,18H2,1-2H3/b27-25+/t26-/m1/s1. The minimum atomic E-state index is -0.837. The highest BCUT2D eigenvalue weighted by Gasteiger charge is 2.45. The van der Waals surface area contributed by atoms with Crippen LogP contribution in [-0.2, 0) is 20.9 Å². The van der Waals surface area contributed by atoms with Crippen LogP contribution in [0.3, 0.4) is 0 Å². The van der Waals surface area contributed by atoms with Crippen molar-refractivity contribution in [3.63, 3.8) is 0 Å². The molecule has 36 heavy (non-hydrogen) atoms. The number of ether oxygens (including phenoxy) is 2. The van der Waals surface area contributed by atoms with Crippen molar-refractivity contribution in [2.75, 3.05) is 20.3 Å². The van der Waals surface area contributed by atoms with Gasteiger partial charge in [-0.25, -0.2) is 4.39 Å². The fraction of sp³-hybridized carbons (Fsp3) is 0.241.